The summed E-state index contributed by atoms with van der Waals surface area (Å²) >= 11 is 6.01. The number of carbonyl (C=O) groups is 1. The van der Waals surface area contributed by atoms with Crippen molar-refractivity contribution in [3.05, 3.63) is 46.6 Å². The molecule has 1 aliphatic carbocycles. The SMILES string of the molecule is Nc1nonc1NC1=CC(=O)C[C@H](c2cccc(Cl)c2)C1. The summed E-state index contributed by atoms with van der Waals surface area (Å²) in [7, 11) is 0. The van der Waals surface area contributed by atoms with Gasteiger partial charge in [-0.25, -0.2) is 4.63 Å². The van der Waals surface area contributed by atoms with Crippen LogP contribution in [0.2, 0.25) is 5.02 Å². The molecule has 1 aromatic carbocycles. The number of halogens is 1. The van der Waals surface area contributed by atoms with Crippen molar-refractivity contribution in [1.82, 2.24) is 10.3 Å². The van der Waals surface area contributed by atoms with E-state index in [9.17, 15) is 4.79 Å². The molecule has 1 aliphatic rings. The molecule has 0 radical (unpaired) electrons. The van der Waals surface area contributed by atoms with Gasteiger partial charge in [-0.2, -0.15) is 0 Å². The Bertz CT molecular complexity index is 711. The van der Waals surface area contributed by atoms with E-state index in [2.05, 4.69) is 20.3 Å². The molecule has 1 aromatic heterocycles. The Morgan fingerprint density at radius 3 is 2.90 bits per heavy atom. The van der Waals surface area contributed by atoms with Gasteiger partial charge in [-0.3, -0.25) is 4.79 Å². The first kappa shape index (κ1) is 13.6. The number of hydrogen-bond donors (Lipinski definition) is 2. The van der Waals surface area contributed by atoms with Crippen molar-refractivity contribution < 1.29 is 9.42 Å². The minimum atomic E-state index is 0.0451. The molecule has 3 rings (SSSR count). The number of carbonyl (C=O) groups excluding carboxylic acids is 1. The topological polar surface area (TPSA) is 94.0 Å². The lowest BCUT2D eigenvalue weighted by Gasteiger charge is -2.22. The van der Waals surface area contributed by atoms with Crippen molar-refractivity contribution in [3.63, 3.8) is 0 Å². The van der Waals surface area contributed by atoms with Crippen molar-refractivity contribution in [2.45, 2.75) is 18.8 Å². The highest BCUT2D eigenvalue weighted by Crippen LogP contribution is 2.33. The van der Waals surface area contributed by atoms with Gasteiger partial charge in [-0.15, -0.1) is 0 Å². The highest BCUT2D eigenvalue weighted by Gasteiger charge is 2.23. The normalized spacial score (nSPS) is 18.4. The quantitative estimate of drug-likeness (QED) is 0.905. The summed E-state index contributed by atoms with van der Waals surface area (Å²) in [6.07, 6.45) is 2.69. The Morgan fingerprint density at radius 1 is 1.33 bits per heavy atom. The lowest BCUT2D eigenvalue weighted by atomic mass is 9.85. The van der Waals surface area contributed by atoms with E-state index in [4.69, 9.17) is 17.3 Å². The van der Waals surface area contributed by atoms with Crippen LogP contribution in [0.3, 0.4) is 0 Å². The number of nitrogens with two attached hydrogens (primary N) is 1. The molecule has 1 atom stereocenters. The Hall–Kier alpha value is -2.34. The number of aromatic nitrogens is 2. The molecular weight excluding hydrogens is 292 g/mol. The summed E-state index contributed by atoms with van der Waals surface area (Å²) in [5, 5.41) is 10.8. The van der Waals surface area contributed by atoms with Crippen LogP contribution in [0.25, 0.3) is 0 Å². The van der Waals surface area contributed by atoms with E-state index >= 15 is 0 Å². The average molecular weight is 305 g/mol. The number of anilines is 2. The summed E-state index contributed by atoms with van der Waals surface area (Å²) in [6.45, 7) is 0. The third-order valence-corrected chi connectivity index (χ3v) is 3.60. The van der Waals surface area contributed by atoms with E-state index in [-0.39, 0.29) is 17.5 Å². The standard InChI is InChI=1S/C14H13ClN4O2/c15-10-3-1-2-8(4-10)9-5-11(7-12(20)6-9)17-14-13(16)18-21-19-14/h1-4,7,9H,5-6H2,(H2,16,18)(H,17,19)/t9-/m1/s1. The summed E-state index contributed by atoms with van der Waals surface area (Å²) in [5.41, 5.74) is 7.37. The predicted molar refractivity (Wildman–Crippen MR) is 78.9 cm³/mol. The van der Waals surface area contributed by atoms with Gasteiger partial charge in [0, 0.05) is 23.2 Å². The zero-order valence-electron chi connectivity index (χ0n) is 11.0. The van der Waals surface area contributed by atoms with Gasteiger partial charge in [-0.05, 0) is 40.3 Å². The Kier molecular flexibility index (Phi) is 3.62. The molecule has 0 amide bonds. The number of nitrogens with one attached hydrogen (secondary N) is 1. The van der Waals surface area contributed by atoms with Gasteiger partial charge in [0.1, 0.15) is 0 Å². The number of ketones is 1. The molecule has 0 fully saturated rings. The van der Waals surface area contributed by atoms with Crippen molar-refractivity contribution in [3.8, 4) is 0 Å². The molecule has 7 heteroatoms. The van der Waals surface area contributed by atoms with E-state index in [1.165, 1.54) is 0 Å². The Morgan fingerprint density at radius 2 is 2.19 bits per heavy atom. The summed E-state index contributed by atoms with van der Waals surface area (Å²) in [4.78, 5) is 11.9. The van der Waals surface area contributed by atoms with Crippen molar-refractivity contribution >= 4 is 29.0 Å². The Labute approximate surface area is 125 Å². The highest BCUT2D eigenvalue weighted by atomic mass is 35.5. The van der Waals surface area contributed by atoms with Crippen molar-refractivity contribution in [1.29, 1.82) is 0 Å². The van der Waals surface area contributed by atoms with E-state index in [1.807, 2.05) is 24.3 Å². The van der Waals surface area contributed by atoms with E-state index in [0.717, 1.165) is 11.3 Å². The Balaban J connectivity index is 1.80. The van der Waals surface area contributed by atoms with E-state index in [0.29, 0.717) is 23.7 Å². The fraction of sp³-hybridized carbons (Fsp3) is 0.214. The zero-order chi connectivity index (χ0) is 14.8. The average Bonchev–Trinajstić information content (AvgIpc) is 2.84. The molecule has 2 aromatic rings. The van der Waals surface area contributed by atoms with Gasteiger partial charge in [0.2, 0.25) is 11.6 Å². The van der Waals surface area contributed by atoms with Crippen LogP contribution in [0.1, 0.15) is 24.3 Å². The predicted octanol–water partition coefficient (Wildman–Crippen LogP) is 2.75. The van der Waals surface area contributed by atoms with Crippen molar-refractivity contribution in [2.24, 2.45) is 0 Å². The smallest absolute Gasteiger partial charge is 0.219 e. The zero-order valence-corrected chi connectivity index (χ0v) is 11.8. The monoisotopic (exact) mass is 304 g/mol. The maximum Gasteiger partial charge on any atom is 0.219 e. The number of nitrogen functional groups attached to an aromatic ring is 1. The molecule has 21 heavy (non-hydrogen) atoms. The van der Waals surface area contributed by atoms with Gasteiger partial charge >= 0.3 is 0 Å². The van der Waals surface area contributed by atoms with Crippen LogP contribution in [0.4, 0.5) is 11.6 Å². The van der Waals surface area contributed by atoms with Crippen LogP contribution in [-0.2, 0) is 4.79 Å². The first-order valence-corrected chi connectivity index (χ1v) is 6.83. The molecule has 1 heterocycles. The summed E-state index contributed by atoms with van der Waals surface area (Å²) in [6, 6.07) is 7.55. The van der Waals surface area contributed by atoms with Gasteiger partial charge in [0.05, 0.1) is 0 Å². The maximum absolute atomic E-state index is 11.9. The van der Waals surface area contributed by atoms with Crippen LogP contribution in [0, 0.1) is 0 Å². The second kappa shape index (κ2) is 5.57. The van der Waals surface area contributed by atoms with Gasteiger partial charge in [0.15, 0.2) is 5.78 Å². The molecule has 0 spiro atoms. The minimum absolute atomic E-state index is 0.0451. The first-order chi connectivity index (χ1) is 10.1. The number of nitrogens with zero attached hydrogens (tertiary/aromatic N) is 2. The lowest BCUT2D eigenvalue weighted by molar-refractivity contribution is -0.115. The molecule has 0 aliphatic heterocycles. The highest BCUT2D eigenvalue weighted by molar-refractivity contribution is 6.30. The van der Waals surface area contributed by atoms with Crippen molar-refractivity contribution in [2.75, 3.05) is 11.1 Å². The number of benzene rings is 1. The lowest BCUT2D eigenvalue weighted by Crippen LogP contribution is -2.17. The fourth-order valence-electron chi connectivity index (χ4n) is 2.41. The minimum Gasteiger partial charge on any atom is -0.378 e. The molecule has 108 valence electrons. The second-order valence-corrected chi connectivity index (χ2v) is 5.36. The van der Waals surface area contributed by atoms with Crippen LogP contribution < -0.4 is 11.1 Å². The van der Waals surface area contributed by atoms with E-state index in [1.54, 1.807) is 6.08 Å². The van der Waals surface area contributed by atoms with Crippen LogP contribution in [-0.4, -0.2) is 16.1 Å². The third-order valence-electron chi connectivity index (χ3n) is 3.36. The third kappa shape index (κ3) is 3.05. The molecule has 3 N–H and O–H groups in total. The van der Waals surface area contributed by atoms with E-state index < -0.39 is 0 Å². The molecule has 6 nitrogen and oxygen atoms in total. The number of rotatable bonds is 3. The van der Waals surface area contributed by atoms with Crippen LogP contribution in [0.5, 0.6) is 0 Å². The van der Waals surface area contributed by atoms with Crippen LogP contribution >= 0.6 is 11.6 Å². The molecule has 0 unspecified atom stereocenters. The second-order valence-electron chi connectivity index (χ2n) is 4.92. The van der Waals surface area contributed by atoms with Gasteiger partial charge in [-0.1, -0.05) is 23.7 Å². The molecule has 0 saturated heterocycles. The molecule has 0 bridgehead atoms. The fourth-order valence-corrected chi connectivity index (χ4v) is 2.61. The number of allylic oxidation sites excluding steroid dienone is 2. The number of hydrogen-bond acceptors (Lipinski definition) is 6. The summed E-state index contributed by atoms with van der Waals surface area (Å²) in [5.74, 6) is 0.600. The molecular formula is C14H13ClN4O2. The summed E-state index contributed by atoms with van der Waals surface area (Å²) < 4.78 is 4.52. The maximum atomic E-state index is 11.9. The molecule has 0 saturated carbocycles. The van der Waals surface area contributed by atoms with Gasteiger partial charge < -0.3 is 11.1 Å². The largest absolute Gasteiger partial charge is 0.378 e. The van der Waals surface area contributed by atoms with Gasteiger partial charge in [0.25, 0.3) is 0 Å². The first-order valence-electron chi connectivity index (χ1n) is 6.46. The van der Waals surface area contributed by atoms with Crippen LogP contribution in [0.15, 0.2) is 40.7 Å².